The van der Waals surface area contributed by atoms with Gasteiger partial charge in [-0.1, -0.05) is 17.7 Å². The maximum Gasteiger partial charge on any atom is 0.325 e. The zero-order chi connectivity index (χ0) is 14.9. The van der Waals surface area contributed by atoms with Crippen molar-refractivity contribution in [2.24, 2.45) is 0 Å². The Bertz CT molecular complexity index is 696. The minimum absolute atomic E-state index is 0.00627. The van der Waals surface area contributed by atoms with E-state index in [2.05, 4.69) is 5.10 Å². The normalized spacial score (nSPS) is 10.5. The van der Waals surface area contributed by atoms with Gasteiger partial charge in [-0.3, -0.25) is 19.6 Å². The lowest BCUT2D eigenvalue weighted by molar-refractivity contribution is -0.384. The monoisotopic (exact) mass is 295 g/mol. The van der Waals surface area contributed by atoms with E-state index in [0.29, 0.717) is 11.4 Å². The molecule has 7 nitrogen and oxygen atoms in total. The average molecular weight is 296 g/mol. The van der Waals surface area contributed by atoms with Crippen LogP contribution in [0.5, 0.6) is 0 Å². The van der Waals surface area contributed by atoms with Crippen molar-refractivity contribution >= 4 is 23.3 Å². The van der Waals surface area contributed by atoms with Crippen molar-refractivity contribution < 1.29 is 14.8 Å². The molecule has 0 radical (unpaired) electrons. The Morgan fingerprint density at radius 3 is 2.85 bits per heavy atom. The largest absolute Gasteiger partial charge is 0.480 e. The van der Waals surface area contributed by atoms with E-state index in [1.165, 1.54) is 16.8 Å². The molecule has 1 aromatic carbocycles. The number of aliphatic carboxylic acids is 1. The SMILES string of the molecule is Cc1cc(-c2cccc(Cl)c2[N+](=O)[O-])n(CC(=O)O)n1. The molecule has 1 aromatic heterocycles. The van der Waals surface area contributed by atoms with Gasteiger partial charge in [0.2, 0.25) is 0 Å². The topological polar surface area (TPSA) is 98.3 Å². The van der Waals surface area contributed by atoms with Crippen molar-refractivity contribution in [2.45, 2.75) is 13.5 Å². The highest BCUT2D eigenvalue weighted by molar-refractivity contribution is 6.33. The molecule has 0 fully saturated rings. The summed E-state index contributed by atoms with van der Waals surface area (Å²) in [6.45, 7) is 1.30. The standard InChI is InChI=1S/C12H10ClN3O4/c1-7-5-10(15(14-7)6-11(17)18)8-3-2-4-9(13)12(8)16(19)20/h2-5H,6H2,1H3,(H,17,18). The van der Waals surface area contributed by atoms with Gasteiger partial charge in [0.05, 0.1) is 21.9 Å². The molecule has 104 valence electrons. The summed E-state index contributed by atoms with van der Waals surface area (Å²) >= 11 is 5.85. The number of aromatic nitrogens is 2. The van der Waals surface area contributed by atoms with Gasteiger partial charge < -0.3 is 5.11 Å². The lowest BCUT2D eigenvalue weighted by atomic mass is 10.1. The molecule has 0 spiro atoms. The Labute approximate surface area is 118 Å². The lowest BCUT2D eigenvalue weighted by Crippen LogP contribution is -2.11. The number of carboxylic acid groups (broad SMARTS) is 1. The second-order valence-corrected chi connectivity index (χ2v) is 4.52. The summed E-state index contributed by atoms with van der Waals surface area (Å²) in [6.07, 6.45) is 0. The van der Waals surface area contributed by atoms with Crippen LogP contribution in [-0.2, 0) is 11.3 Å². The Kier molecular flexibility index (Phi) is 3.71. The van der Waals surface area contributed by atoms with Crippen LogP contribution in [0.25, 0.3) is 11.3 Å². The van der Waals surface area contributed by atoms with Crippen molar-refractivity contribution in [3.8, 4) is 11.3 Å². The van der Waals surface area contributed by atoms with Gasteiger partial charge in [-0.2, -0.15) is 5.10 Å². The maximum atomic E-state index is 11.1. The number of carbonyl (C=O) groups is 1. The maximum absolute atomic E-state index is 11.1. The van der Waals surface area contributed by atoms with Gasteiger partial charge in [-0.15, -0.1) is 0 Å². The van der Waals surface area contributed by atoms with Crippen LogP contribution in [0.4, 0.5) is 5.69 Å². The molecule has 0 saturated carbocycles. The van der Waals surface area contributed by atoms with Crippen molar-refractivity contribution in [3.05, 3.63) is 45.1 Å². The number of para-hydroxylation sites is 1. The highest BCUT2D eigenvalue weighted by atomic mass is 35.5. The molecule has 0 aliphatic rings. The molecule has 20 heavy (non-hydrogen) atoms. The molecule has 0 saturated heterocycles. The van der Waals surface area contributed by atoms with Gasteiger partial charge in [0.15, 0.2) is 0 Å². The zero-order valence-corrected chi connectivity index (χ0v) is 11.2. The Balaban J connectivity index is 2.65. The van der Waals surface area contributed by atoms with Crippen molar-refractivity contribution in [1.29, 1.82) is 0 Å². The summed E-state index contributed by atoms with van der Waals surface area (Å²) in [6, 6.07) is 6.08. The highest BCUT2D eigenvalue weighted by Gasteiger charge is 2.23. The van der Waals surface area contributed by atoms with Crippen LogP contribution in [-0.4, -0.2) is 25.8 Å². The second-order valence-electron chi connectivity index (χ2n) is 4.12. The third-order valence-corrected chi connectivity index (χ3v) is 2.94. The van der Waals surface area contributed by atoms with Crippen molar-refractivity contribution in [1.82, 2.24) is 9.78 Å². The first-order valence-corrected chi connectivity index (χ1v) is 5.97. The van der Waals surface area contributed by atoms with E-state index in [1.807, 2.05) is 0 Å². The molecule has 0 bridgehead atoms. The summed E-state index contributed by atoms with van der Waals surface area (Å²) in [7, 11) is 0. The molecule has 0 aliphatic carbocycles. The molecule has 2 rings (SSSR count). The zero-order valence-electron chi connectivity index (χ0n) is 10.4. The molecule has 0 amide bonds. The fourth-order valence-electron chi connectivity index (χ4n) is 1.92. The van der Waals surface area contributed by atoms with Crippen LogP contribution in [0.3, 0.4) is 0 Å². The molecule has 0 unspecified atom stereocenters. The molecule has 0 atom stereocenters. The number of hydrogen-bond acceptors (Lipinski definition) is 4. The molecule has 2 aromatic rings. The minimum atomic E-state index is -1.08. The average Bonchev–Trinajstić information content (AvgIpc) is 2.68. The summed E-state index contributed by atoms with van der Waals surface area (Å²) < 4.78 is 1.20. The molecule has 1 heterocycles. The summed E-state index contributed by atoms with van der Waals surface area (Å²) in [5.74, 6) is -1.08. The lowest BCUT2D eigenvalue weighted by Gasteiger charge is -2.06. The van der Waals surface area contributed by atoms with Gasteiger partial charge in [-0.05, 0) is 25.1 Å². The smallest absolute Gasteiger partial charge is 0.325 e. The van der Waals surface area contributed by atoms with Crippen LogP contribution < -0.4 is 0 Å². The van der Waals surface area contributed by atoms with E-state index < -0.39 is 10.9 Å². The van der Waals surface area contributed by atoms with Gasteiger partial charge in [0.25, 0.3) is 5.69 Å². The summed E-state index contributed by atoms with van der Waals surface area (Å²) in [4.78, 5) is 21.4. The number of benzene rings is 1. The Morgan fingerprint density at radius 1 is 1.55 bits per heavy atom. The van der Waals surface area contributed by atoms with E-state index >= 15 is 0 Å². The van der Waals surface area contributed by atoms with Gasteiger partial charge in [0, 0.05) is 0 Å². The summed E-state index contributed by atoms with van der Waals surface area (Å²) in [5.41, 5.74) is 0.889. The molecule has 0 aliphatic heterocycles. The van der Waals surface area contributed by atoms with Crippen LogP contribution in [0.2, 0.25) is 5.02 Å². The molecular weight excluding hydrogens is 286 g/mol. The third kappa shape index (κ3) is 2.62. The Hall–Kier alpha value is -2.41. The highest BCUT2D eigenvalue weighted by Crippen LogP contribution is 2.35. The molecule has 1 N–H and O–H groups in total. The van der Waals surface area contributed by atoms with Gasteiger partial charge in [-0.25, -0.2) is 0 Å². The number of aryl methyl sites for hydroxylation is 1. The van der Waals surface area contributed by atoms with Crippen LogP contribution in [0, 0.1) is 17.0 Å². The minimum Gasteiger partial charge on any atom is -0.480 e. The predicted octanol–water partition coefficient (Wildman–Crippen LogP) is 2.50. The van der Waals surface area contributed by atoms with Crippen molar-refractivity contribution in [3.63, 3.8) is 0 Å². The number of carboxylic acids is 1. The molecule has 8 heteroatoms. The fraction of sp³-hybridized carbons (Fsp3) is 0.167. The second kappa shape index (κ2) is 5.30. The van der Waals surface area contributed by atoms with Gasteiger partial charge >= 0.3 is 5.97 Å². The van der Waals surface area contributed by atoms with E-state index in [4.69, 9.17) is 16.7 Å². The van der Waals surface area contributed by atoms with Crippen LogP contribution >= 0.6 is 11.6 Å². The predicted molar refractivity (Wildman–Crippen MR) is 71.7 cm³/mol. The number of nitrogens with zero attached hydrogens (tertiary/aromatic N) is 3. The number of hydrogen-bond donors (Lipinski definition) is 1. The van der Waals surface area contributed by atoms with E-state index in [9.17, 15) is 14.9 Å². The Morgan fingerprint density at radius 2 is 2.25 bits per heavy atom. The first-order chi connectivity index (χ1) is 9.40. The van der Waals surface area contributed by atoms with E-state index in [0.717, 1.165) is 0 Å². The fourth-order valence-corrected chi connectivity index (χ4v) is 2.16. The van der Waals surface area contributed by atoms with Gasteiger partial charge in [0.1, 0.15) is 11.6 Å². The van der Waals surface area contributed by atoms with Crippen LogP contribution in [0.15, 0.2) is 24.3 Å². The summed E-state index contributed by atoms with van der Waals surface area (Å²) in [5, 5.41) is 24.0. The van der Waals surface area contributed by atoms with Crippen LogP contribution in [0.1, 0.15) is 5.69 Å². The number of nitro benzene ring substituents is 1. The molecular formula is C12H10ClN3O4. The quantitative estimate of drug-likeness (QED) is 0.690. The first-order valence-electron chi connectivity index (χ1n) is 5.59. The number of halogens is 1. The van der Waals surface area contributed by atoms with Crippen molar-refractivity contribution in [2.75, 3.05) is 0 Å². The first kappa shape index (κ1) is 14.0. The van der Waals surface area contributed by atoms with E-state index in [1.54, 1.807) is 19.1 Å². The number of rotatable bonds is 4. The van der Waals surface area contributed by atoms with E-state index in [-0.39, 0.29) is 22.8 Å². The third-order valence-electron chi connectivity index (χ3n) is 2.63. The number of nitro groups is 1.